The van der Waals surface area contributed by atoms with Gasteiger partial charge in [0.1, 0.15) is 24.4 Å². The van der Waals surface area contributed by atoms with Crippen LogP contribution in [0.15, 0.2) is 30.3 Å². The van der Waals surface area contributed by atoms with E-state index in [2.05, 4.69) is 10.6 Å². The summed E-state index contributed by atoms with van der Waals surface area (Å²) in [4.78, 5) is 23.9. The Bertz CT molecular complexity index is 801. The van der Waals surface area contributed by atoms with Gasteiger partial charge in [-0.25, -0.2) is 0 Å². The molecule has 1 heterocycles. The number of aliphatic hydroxyl groups is 3. The number of aliphatic hydroxyl groups excluding tert-OH is 3. The van der Waals surface area contributed by atoms with E-state index in [1.165, 1.54) is 19.2 Å². The zero-order valence-electron chi connectivity index (χ0n) is 16.4. The molecule has 0 radical (unpaired) electrons. The van der Waals surface area contributed by atoms with Crippen molar-refractivity contribution in [1.29, 1.82) is 0 Å². The Kier molecular flexibility index (Phi) is 8.53. The number of ether oxygens (including phenoxy) is 2. The van der Waals surface area contributed by atoms with E-state index in [9.17, 15) is 33.0 Å². The van der Waals surface area contributed by atoms with Gasteiger partial charge in [-0.15, -0.1) is 0 Å². The second-order valence-corrected chi connectivity index (χ2v) is 6.71. The van der Waals surface area contributed by atoms with Crippen molar-refractivity contribution in [2.45, 2.75) is 36.8 Å². The molecule has 12 heteroatoms. The Morgan fingerprint density at radius 1 is 1.26 bits per heavy atom. The molecule has 0 spiro atoms. The predicted octanol–water partition coefficient (Wildman–Crippen LogP) is -0.595. The highest BCUT2D eigenvalue weighted by atomic mass is 19.4. The lowest BCUT2D eigenvalue weighted by Gasteiger charge is -2.41. The molecule has 0 aromatic heterocycles. The van der Waals surface area contributed by atoms with Crippen LogP contribution in [0.2, 0.25) is 0 Å². The molecule has 172 valence electrons. The van der Waals surface area contributed by atoms with Crippen LogP contribution in [0.1, 0.15) is 11.1 Å². The summed E-state index contributed by atoms with van der Waals surface area (Å²) < 4.78 is 48.4. The fourth-order valence-corrected chi connectivity index (χ4v) is 2.89. The first-order valence-corrected chi connectivity index (χ1v) is 9.14. The molecule has 2 rings (SSSR count). The predicted molar refractivity (Wildman–Crippen MR) is 100 cm³/mol. The summed E-state index contributed by atoms with van der Waals surface area (Å²) in [5.74, 6) is -1.48. The first kappa shape index (κ1) is 24.8. The monoisotopic (exact) mass is 448 g/mol. The Morgan fingerprint density at radius 3 is 2.58 bits per heavy atom. The number of methoxy groups -OCH3 is 1. The number of hydrogen-bond donors (Lipinski definition) is 5. The number of carbonyl (C=O) groups excluding carboxylic acids is 2. The lowest BCUT2D eigenvalue weighted by molar-refractivity contribution is -0.262. The second kappa shape index (κ2) is 10.7. The molecule has 31 heavy (non-hydrogen) atoms. The third-order valence-electron chi connectivity index (χ3n) is 4.51. The van der Waals surface area contributed by atoms with E-state index in [4.69, 9.17) is 14.6 Å². The van der Waals surface area contributed by atoms with Crippen LogP contribution in [-0.2, 0) is 25.2 Å². The number of amides is 2. The zero-order valence-corrected chi connectivity index (χ0v) is 16.4. The number of halogens is 3. The minimum atomic E-state index is -4.51. The maximum Gasteiger partial charge on any atom is 0.416 e. The van der Waals surface area contributed by atoms with E-state index in [1.807, 2.05) is 0 Å². The molecule has 5 N–H and O–H groups in total. The van der Waals surface area contributed by atoms with Crippen LogP contribution in [0.25, 0.3) is 6.08 Å². The molecule has 0 aliphatic carbocycles. The number of alkyl halides is 3. The summed E-state index contributed by atoms with van der Waals surface area (Å²) in [6, 6.07) is 3.18. The van der Waals surface area contributed by atoms with E-state index in [0.717, 1.165) is 24.3 Å². The molecule has 1 fully saturated rings. The molecule has 9 nitrogen and oxygen atoms in total. The van der Waals surface area contributed by atoms with Gasteiger partial charge in [-0.05, 0) is 23.8 Å². The molecule has 1 saturated heterocycles. The van der Waals surface area contributed by atoms with Crippen LogP contribution in [0.4, 0.5) is 13.2 Å². The Hall–Kier alpha value is -2.51. The first-order chi connectivity index (χ1) is 14.6. The van der Waals surface area contributed by atoms with Crippen LogP contribution in [0.5, 0.6) is 0 Å². The van der Waals surface area contributed by atoms with Crippen molar-refractivity contribution in [3.63, 3.8) is 0 Å². The van der Waals surface area contributed by atoms with Gasteiger partial charge in [0.2, 0.25) is 11.8 Å². The van der Waals surface area contributed by atoms with Gasteiger partial charge in [0.05, 0.1) is 18.7 Å². The highest BCUT2D eigenvalue weighted by molar-refractivity contribution is 5.94. The van der Waals surface area contributed by atoms with Gasteiger partial charge < -0.3 is 35.4 Å². The van der Waals surface area contributed by atoms with Gasteiger partial charge >= 0.3 is 6.18 Å². The molecule has 1 aliphatic heterocycles. The lowest BCUT2D eigenvalue weighted by atomic mass is 9.97. The van der Waals surface area contributed by atoms with Crippen LogP contribution in [0.3, 0.4) is 0 Å². The Morgan fingerprint density at radius 2 is 1.97 bits per heavy atom. The quantitative estimate of drug-likeness (QED) is 0.352. The van der Waals surface area contributed by atoms with Gasteiger partial charge in [-0.3, -0.25) is 9.59 Å². The van der Waals surface area contributed by atoms with E-state index in [1.54, 1.807) is 0 Å². The summed E-state index contributed by atoms with van der Waals surface area (Å²) in [6.07, 6.45) is -7.63. The molecule has 2 amide bonds. The minimum Gasteiger partial charge on any atom is -0.394 e. The molecule has 5 unspecified atom stereocenters. The first-order valence-electron chi connectivity index (χ1n) is 9.14. The summed E-state index contributed by atoms with van der Waals surface area (Å²) in [5.41, 5.74) is -0.715. The third-order valence-corrected chi connectivity index (χ3v) is 4.51. The molecular weight excluding hydrogens is 425 g/mol. The van der Waals surface area contributed by atoms with Crippen LogP contribution in [-0.4, -0.2) is 78.0 Å². The van der Waals surface area contributed by atoms with Gasteiger partial charge in [-0.1, -0.05) is 12.1 Å². The fourth-order valence-electron chi connectivity index (χ4n) is 2.89. The maximum atomic E-state index is 12.7. The maximum absolute atomic E-state index is 12.7. The van der Waals surface area contributed by atoms with Crippen molar-refractivity contribution in [3.8, 4) is 0 Å². The Labute approximate surface area is 175 Å². The minimum absolute atomic E-state index is 0.146. The van der Waals surface area contributed by atoms with Crippen molar-refractivity contribution < 1.29 is 47.6 Å². The van der Waals surface area contributed by atoms with Crippen LogP contribution < -0.4 is 10.6 Å². The standard InChI is InChI=1S/C19H23F3N2O7/c1-30-18-15(17(29)16(28)12(9-25)31-18)24-14(27)8-23-13(26)6-5-10-3-2-4-11(7-10)19(20,21)22/h2-7,12,15-18,25,28-29H,8-9H2,1H3,(H,23,26)(H,24,27)/b6-5+. The van der Waals surface area contributed by atoms with Crippen molar-refractivity contribution >= 4 is 17.9 Å². The van der Waals surface area contributed by atoms with Crippen LogP contribution in [0, 0.1) is 0 Å². The number of carbonyl (C=O) groups is 2. The topological polar surface area (TPSA) is 137 Å². The van der Waals surface area contributed by atoms with E-state index in [-0.39, 0.29) is 5.56 Å². The molecular formula is C19H23F3N2O7. The Balaban J connectivity index is 1.89. The third kappa shape index (κ3) is 6.74. The van der Waals surface area contributed by atoms with Crippen LogP contribution >= 0.6 is 0 Å². The van der Waals surface area contributed by atoms with E-state index < -0.39 is 67.3 Å². The summed E-state index contributed by atoms with van der Waals surface area (Å²) in [6.45, 7) is -1.10. The van der Waals surface area contributed by atoms with Gasteiger partial charge in [0.25, 0.3) is 0 Å². The van der Waals surface area contributed by atoms with Gasteiger partial charge in [0.15, 0.2) is 6.29 Å². The highest BCUT2D eigenvalue weighted by Crippen LogP contribution is 2.29. The summed E-state index contributed by atoms with van der Waals surface area (Å²) in [7, 11) is 1.24. The van der Waals surface area contributed by atoms with Crippen molar-refractivity contribution in [3.05, 3.63) is 41.5 Å². The number of rotatable bonds is 7. The van der Waals surface area contributed by atoms with Crippen molar-refractivity contribution in [2.75, 3.05) is 20.3 Å². The molecule has 0 bridgehead atoms. The molecule has 1 aliphatic rings. The number of hydrogen-bond acceptors (Lipinski definition) is 7. The average molecular weight is 448 g/mol. The van der Waals surface area contributed by atoms with E-state index in [0.29, 0.717) is 0 Å². The fraction of sp³-hybridized carbons (Fsp3) is 0.474. The normalized spacial score (nSPS) is 26.6. The number of nitrogens with one attached hydrogen (secondary N) is 2. The second-order valence-electron chi connectivity index (χ2n) is 6.71. The molecule has 1 aromatic rings. The van der Waals surface area contributed by atoms with E-state index >= 15 is 0 Å². The number of benzene rings is 1. The zero-order chi connectivity index (χ0) is 23.2. The smallest absolute Gasteiger partial charge is 0.394 e. The average Bonchev–Trinajstić information content (AvgIpc) is 2.74. The largest absolute Gasteiger partial charge is 0.416 e. The molecule has 5 atom stereocenters. The summed E-state index contributed by atoms with van der Waals surface area (Å²) in [5, 5.41) is 33.8. The van der Waals surface area contributed by atoms with Gasteiger partial charge in [-0.2, -0.15) is 13.2 Å². The molecule has 1 aromatic carbocycles. The van der Waals surface area contributed by atoms with Crippen molar-refractivity contribution in [1.82, 2.24) is 10.6 Å². The lowest BCUT2D eigenvalue weighted by Crippen LogP contribution is -2.65. The van der Waals surface area contributed by atoms with Crippen molar-refractivity contribution in [2.24, 2.45) is 0 Å². The SMILES string of the molecule is COC1OC(CO)C(O)C(O)C1NC(=O)CNC(=O)/C=C/c1cccc(C(F)(F)F)c1. The highest BCUT2D eigenvalue weighted by Gasteiger charge is 2.45. The molecule has 0 saturated carbocycles. The van der Waals surface area contributed by atoms with Gasteiger partial charge in [0, 0.05) is 13.2 Å². The summed E-state index contributed by atoms with van der Waals surface area (Å²) >= 11 is 0.